The van der Waals surface area contributed by atoms with Crippen molar-refractivity contribution >= 4 is 17.4 Å². The van der Waals surface area contributed by atoms with Gasteiger partial charge in [-0.05, 0) is 11.8 Å². The Hall–Kier alpha value is -2.15. The maximum Gasteiger partial charge on any atom is 0.309 e. The zero-order chi connectivity index (χ0) is 13.7. The van der Waals surface area contributed by atoms with Crippen molar-refractivity contribution in [3.8, 4) is 0 Å². The lowest BCUT2D eigenvalue weighted by Crippen LogP contribution is -2.30. The van der Waals surface area contributed by atoms with Gasteiger partial charge in [0.1, 0.15) is 0 Å². The summed E-state index contributed by atoms with van der Waals surface area (Å²) in [6, 6.07) is 6.17. The van der Waals surface area contributed by atoms with Crippen LogP contribution in [-0.4, -0.2) is 14.7 Å². The third kappa shape index (κ3) is 1.39. The maximum absolute atomic E-state index is 11.3. The highest BCUT2D eigenvalue weighted by atomic mass is 32.2. The number of benzene rings is 1. The Balaban J connectivity index is 2.19. The van der Waals surface area contributed by atoms with Gasteiger partial charge in [0.25, 0.3) is 5.69 Å². The molecule has 2 unspecified atom stereocenters. The normalized spacial score (nSPS) is 30.7. The topological polar surface area (TPSA) is 86.3 Å². The van der Waals surface area contributed by atoms with Crippen LogP contribution in [0.2, 0.25) is 0 Å². The number of hydrogen-bond donors (Lipinski definition) is 0. The molecule has 0 spiro atoms. The van der Waals surface area contributed by atoms with Crippen LogP contribution in [0.1, 0.15) is 5.56 Å². The predicted octanol–water partition coefficient (Wildman–Crippen LogP) is 2.64. The Labute approximate surface area is 112 Å². The molecular formula is C12H8N2O4S. The molecule has 7 heteroatoms. The lowest BCUT2D eigenvalue weighted by atomic mass is 9.87. The van der Waals surface area contributed by atoms with Crippen LogP contribution in [0.5, 0.6) is 0 Å². The van der Waals surface area contributed by atoms with Crippen LogP contribution in [0.4, 0.5) is 5.69 Å². The molecule has 1 aromatic carbocycles. The number of nitrogens with zero attached hydrogens (tertiary/aromatic N) is 2. The molecule has 1 heterocycles. The van der Waals surface area contributed by atoms with Gasteiger partial charge >= 0.3 is 4.87 Å². The molecule has 2 atom stereocenters. The van der Waals surface area contributed by atoms with Crippen LogP contribution in [0, 0.1) is 20.2 Å². The van der Waals surface area contributed by atoms with E-state index in [9.17, 15) is 20.2 Å². The Morgan fingerprint density at radius 3 is 2.42 bits per heavy atom. The minimum absolute atomic E-state index is 0.0846. The first-order valence-corrected chi connectivity index (χ1v) is 6.31. The summed E-state index contributed by atoms with van der Waals surface area (Å²) in [6.07, 6.45) is 6.46. The van der Waals surface area contributed by atoms with E-state index >= 15 is 0 Å². The van der Waals surface area contributed by atoms with Gasteiger partial charge in [-0.25, -0.2) is 0 Å². The number of thioether (sulfide) groups is 1. The monoisotopic (exact) mass is 276 g/mol. The smallest absolute Gasteiger partial charge is 0.263 e. The molecule has 0 aromatic heterocycles. The summed E-state index contributed by atoms with van der Waals surface area (Å²) in [6.45, 7) is 0. The minimum atomic E-state index is -1.31. The number of nitro benzene ring substituents is 1. The van der Waals surface area contributed by atoms with E-state index in [-0.39, 0.29) is 10.6 Å². The van der Waals surface area contributed by atoms with Gasteiger partial charge in [-0.1, -0.05) is 36.4 Å². The predicted molar refractivity (Wildman–Crippen MR) is 70.4 cm³/mol. The average Bonchev–Trinajstić information content (AvgIpc) is 3.10. The molecule has 1 saturated heterocycles. The zero-order valence-corrected chi connectivity index (χ0v) is 10.4. The molecule has 3 rings (SSSR count). The van der Waals surface area contributed by atoms with Gasteiger partial charge in [-0.15, -0.1) is 0 Å². The van der Waals surface area contributed by atoms with Crippen molar-refractivity contribution in [2.45, 2.75) is 9.62 Å². The fraction of sp³-hybridized carbons (Fsp3) is 0.167. The Kier molecular flexibility index (Phi) is 2.30. The van der Waals surface area contributed by atoms with Crippen molar-refractivity contribution in [3.05, 3.63) is 74.4 Å². The van der Waals surface area contributed by atoms with Crippen molar-refractivity contribution in [1.29, 1.82) is 0 Å². The molecular weight excluding hydrogens is 268 g/mol. The Morgan fingerprint density at radius 1 is 1.05 bits per heavy atom. The molecule has 1 aliphatic heterocycles. The molecule has 2 aliphatic rings. The third-order valence-electron chi connectivity index (χ3n) is 3.34. The van der Waals surface area contributed by atoms with Crippen LogP contribution >= 0.6 is 11.8 Å². The highest BCUT2D eigenvalue weighted by Crippen LogP contribution is 2.73. The van der Waals surface area contributed by atoms with E-state index in [2.05, 4.69) is 0 Å². The van der Waals surface area contributed by atoms with E-state index in [0.29, 0.717) is 5.56 Å². The Bertz CT molecular complexity index is 657. The molecule has 0 amide bonds. The van der Waals surface area contributed by atoms with E-state index in [0.717, 1.165) is 11.8 Å². The lowest BCUT2D eigenvalue weighted by Gasteiger charge is -2.14. The quantitative estimate of drug-likeness (QED) is 0.481. The number of hydrogen-bond acceptors (Lipinski definition) is 5. The average molecular weight is 276 g/mol. The van der Waals surface area contributed by atoms with Crippen molar-refractivity contribution < 1.29 is 9.85 Å². The number of fused-ring (bicyclic) bond motifs is 1. The first kappa shape index (κ1) is 11.9. The van der Waals surface area contributed by atoms with Crippen LogP contribution in [-0.2, 0) is 4.75 Å². The van der Waals surface area contributed by atoms with Gasteiger partial charge in [-0.2, -0.15) is 0 Å². The zero-order valence-electron chi connectivity index (χ0n) is 9.55. The largest absolute Gasteiger partial charge is 0.309 e. The Morgan fingerprint density at radius 2 is 1.74 bits per heavy atom. The molecule has 19 heavy (non-hydrogen) atoms. The van der Waals surface area contributed by atoms with Crippen LogP contribution in [0.25, 0.3) is 0 Å². The summed E-state index contributed by atoms with van der Waals surface area (Å²) in [4.78, 5) is 20.2. The SMILES string of the molecule is O=[N+]([O-])c1ccccc1C12C=CC=CC1([N+](=O)[O-])S2. The molecule has 1 aromatic rings. The van der Waals surface area contributed by atoms with Crippen LogP contribution < -0.4 is 0 Å². The summed E-state index contributed by atoms with van der Waals surface area (Å²) >= 11 is 1.11. The van der Waals surface area contributed by atoms with Gasteiger partial charge in [0.2, 0.25) is 0 Å². The number of nitro groups is 2. The van der Waals surface area contributed by atoms with Crippen molar-refractivity contribution in [2.24, 2.45) is 0 Å². The second kappa shape index (κ2) is 3.67. The van der Waals surface area contributed by atoms with Crippen LogP contribution in [0.15, 0.2) is 48.6 Å². The van der Waals surface area contributed by atoms with E-state index in [1.54, 1.807) is 36.4 Å². The molecule has 1 fully saturated rings. The fourth-order valence-electron chi connectivity index (χ4n) is 2.43. The fourth-order valence-corrected chi connectivity index (χ4v) is 3.84. The molecule has 0 N–H and O–H groups in total. The number of para-hydroxylation sites is 1. The van der Waals surface area contributed by atoms with Gasteiger partial charge in [0.05, 0.1) is 10.5 Å². The molecule has 0 saturated carbocycles. The van der Waals surface area contributed by atoms with E-state index in [1.807, 2.05) is 0 Å². The van der Waals surface area contributed by atoms with Gasteiger partial charge in [0.15, 0.2) is 4.75 Å². The highest BCUT2D eigenvalue weighted by Gasteiger charge is 2.80. The molecule has 1 aliphatic carbocycles. The van der Waals surface area contributed by atoms with Crippen molar-refractivity contribution in [3.63, 3.8) is 0 Å². The third-order valence-corrected chi connectivity index (χ3v) is 5.05. The van der Waals surface area contributed by atoms with Gasteiger partial charge in [0, 0.05) is 17.1 Å². The standard InChI is InChI=1S/C12H8N2O4S/c15-13(16)10-6-2-1-5-9(10)11-7-3-4-8-12(11,19-11)14(17)18/h1-8H. The number of rotatable bonds is 3. The summed E-state index contributed by atoms with van der Waals surface area (Å²) in [5, 5.41) is 22.4. The van der Waals surface area contributed by atoms with E-state index in [1.165, 1.54) is 12.1 Å². The maximum atomic E-state index is 11.3. The summed E-state index contributed by atoms with van der Waals surface area (Å²) in [5.41, 5.74) is 0.293. The molecule has 0 bridgehead atoms. The second-order valence-electron chi connectivity index (χ2n) is 4.28. The summed E-state index contributed by atoms with van der Waals surface area (Å²) in [5.74, 6) is 0. The first-order valence-electron chi connectivity index (χ1n) is 5.49. The number of allylic oxidation sites excluding steroid dienone is 2. The van der Waals surface area contributed by atoms with Crippen molar-refractivity contribution in [1.82, 2.24) is 0 Å². The van der Waals surface area contributed by atoms with Crippen LogP contribution in [0.3, 0.4) is 0 Å². The summed E-state index contributed by atoms with van der Waals surface area (Å²) in [7, 11) is 0. The van der Waals surface area contributed by atoms with E-state index < -0.39 is 14.5 Å². The first-order chi connectivity index (χ1) is 9.03. The van der Waals surface area contributed by atoms with Gasteiger partial charge in [-0.3, -0.25) is 20.2 Å². The highest BCUT2D eigenvalue weighted by molar-refractivity contribution is 8.09. The minimum Gasteiger partial charge on any atom is -0.263 e. The van der Waals surface area contributed by atoms with Gasteiger partial charge < -0.3 is 0 Å². The lowest BCUT2D eigenvalue weighted by molar-refractivity contribution is -0.517. The van der Waals surface area contributed by atoms with Crippen molar-refractivity contribution in [2.75, 3.05) is 0 Å². The molecule has 0 radical (unpaired) electrons. The molecule has 6 nitrogen and oxygen atoms in total. The molecule has 96 valence electrons. The summed E-state index contributed by atoms with van der Waals surface area (Å²) < 4.78 is -0.963. The second-order valence-corrected chi connectivity index (χ2v) is 5.75. The van der Waals surface area contributed by atoms with E-state index in [4.69, 9.17) is 0 Å².